The molecule has 0 saturated carbocycles. The molecule has 1 N–H and O–H groups in total. The molecule has 0 amide bonds. The molecule has 0 aliphatic rings. The normalized spacial score (nSPS) is 11.8. The van der Waals surface area contributed by atoms with Gasteiger partial charge in [0.15, 0.2) is 5.82 Å². The maximum absolute atomic E-state index is 4.62. The lowest BCUT2D eigenvalue weighted by molar-refractivity contribution is 0.420. The highest BCUT2D eigenvalue weighted by molar-refractivity contribution is 5.26. The van der Waals surface area contributed by atoms with Gasteiger partial charge in [0.05, 0.1) is 17.6 Å². The molecule has 0 unspecified atom stereocenters. The van der Waals surface area contributed by atoms with Gasteiger partial charge in [-0.2, -0.15) is 0 Å². The predicted octanol–water partition coefficient (Wildman–Crippen LogP) is 2.17. The zero-order valence-corrected chi connectivity index (χ0v) is 12.2. The van der Waals surface area contributed by atoms with Crippen LogP contribution in [-0.2, 0) is 6.54 Å². The first-order valence-electron chi connectivity index (χ1n) is 6.44. The van der Waals surface area contributed by atoms with E-state index in [9.17, 15) is 0 Å². The lowest BCUT2D eigenvalue weighted by Gasteiger charge is -2.20. The Balaban J connectivity index is 2.22. The van der Waals surface area contributed by atoms with Crippen molar-refractivity contribution in [3.8, 4) is 5.82 Å². The van der Waals surface area contributed by atoms with Crippen molar-refractivity contribution in [3.63, 3.8) is 0 Å². The van der Waals surface area contributed by atoms with Crippen LogP contribution in [0.5, 0.6) is 0 Å². The molecule has 5 heteroatoms. The molecule has 0 atom stereocenters. The van der Waals surface area contributed by atoms with Crippen molar-refractivity contribution in [1.29, 1.82) is 0 Å². The van der Waals surface area contributed by atoms with E-state index >= 15 is 0 Å². The highest BCUT2D eigenvalue weighted by Gasteiger charge is 2.10. The molecule has 0 fully saturated rings. The number of nitrogens with one attached hydrogen (secondary N) is 1. The summed E-state index contributed by atoms with van der Waals surface area (Å²) in [5, 5.41) is 3.41. The molecule has 0 radical (unpaired) electrons. The Morgan fingerprint density at radius 1 is 1.21 bits per heavy atom. The second-order valence-electron chi connectivity index (χ2n) is 5.76. The molecule has 0 aliphatic carbocycles. The molecule has 0 bridgehead atoms. The van der Waals surface area contributed by atoms with Gasteiger partial charge in [-0.1, -0.05) is 0 Å². The van der Waals surface area contributed by atoms with Gasteiger partial charge in [0.2, 0.25) is 0 Å². The molecular formula is C14H21N5. The van der Waals surface area contributed by atoms with Crippen LogP contribution in [0.25, 0.3) is 5.82 Å². The largest absolute Gasteiger partial charge is 0.306 e. The molecule has 2 aromatic rings. The van der Waals surface area contributed by atoms with Gasteiger partial charge in [-0.15, -0.1) is 0 Å². The third-order valence-electron chi connectivity index (χ3n) is 2.97. The molecule has 0 aromatic carbocycles. The van der Waals surface area contributed by atoms with Crippen LogP contribution in [0.3, 0.4) is 0 Å². The number of imidazole rings is 1. The van der Waals surface area contributed by atoms with Gasteiger partial charge in [-0.25, -0.2) is 9.97 Å². The Morgan fingerprint density at radius 3 is 2.53 bits per heavy atom. The third kappa shape index (κ3) is 3.38. The van der Waals surface area contributed by atoms with Crippen molar-refractivity contribution in [2.45, 2.75) is 46.7 Å². The molecule has 2 aromatic heterocycles. The van der Waals surface area contributed by atoms with E-state index in [-0.39, 0.29) is 5.54 Å². The number of hydrogen-bond donors (Lipinski definition) is 1. The minimum absolute atomic E-state index is 0.0686. The van der Waals surface area contributed by atoms with E-state index in [1.165, 1.54) is 0 Å². The summed E-state index contributed by atoms with van der Waals surface area (Å²) in [6.07, 6.45) is 5.34. The zero-order chi connectivity index (χ0) is 14.0. The maximum Gasteiger partial charge on any atom is 0.156 e. The van der Waals surface area contributed by atoms with E-state index in [1.807, 2.05) is 18.4 Å². The Bertz CT molecular complexity index is 565. The Morgan fingerprint density at radius 2 is 1.95 bits per heavy atom. The molecule has 19 heavy (non-hydrogen) atoms. The Kier molecular flexibility index (Phi) is 3.66. The van der Waals surface area contributed by atoms with Crippen LogP contribution in [0, 0.1) is 13.8 Å². The van der Waals surface area contributed by atoms with Crippen molar-refractivity contribution in [2.24, 2.45) is 0 Å². The number of aromatic nitrogens is 4. The molecule has 102 valence electrons. The standard InChI is InChI=1S/C14H21N5/c1-10-11(2)19(9-16-10)13-8-15-6-12(18-13)7-17-14(3,4)5/h6,8-9,17H,7H2,1-5H3. The number of rotatable bonds is 3. The summed E-state index contributed by atoms with van der Waals surface area (Å²) in [5.41, 5.74) is 3.10. The first-order chi connectivity index (χ1) is 8.87. The number of nitrogens with zero attached hydrogens (tertiary/aromatic N) is 4. The summed E-state index contributed by atoms with van der Waals surface area (Å²) in [4.78, 5) is 13.2. The van der Waals surface area contributed by atoms with E-state index in [0.29, 0.717) is 6.54 Å². The van der Waals surface area contributed by atoms with Gasteiger partial charge >= 0.3 is 0 Å². The summed E-state index contributed by atoms with van der Waals surface area (Å²) >= 11 is 0. The summed E-state index contributed by atoms with van der Waals surface area (Å²) < 4.78 is 1.96. The van der Waals surface area contributed by atoms with Crippen LogP contribution in [0.1, 0.15) is 37.9 Å². The third-order valence-corrected chi connectivity index (χ3v) is 2.97. The quantitative estimate of drug-likeness (QED) is 0.917. The lowest BCUT2D eigenvalue weighted by atomic mass is 10.1. The fourth-order valence-electron chi connectivity index (χ4n) is 1.68. The van der Waals surface area contributed by atoms with Crippen LogP contribution in [0.15, 0.2) is 18.7 Å². The monoisotopic (exact) mass is 259 g/mol. The number of hydrogen-bond acceptors (Lipinski definition) is 4. The molecule has 0 aliphatic heterocycles. The van der Waals surface area contributed by atoms with Gasteiger partial charge in [0, 0.05) is 24.0 Å². The lowest BCUT2D eigenvalue weighted by Crippen LogP contribution is -2.35. The van der Waals surface area contributed by atoms with Crippen molar-refractivity contribution in [3.05, 3.63) is 35.8 Å². The fourth-order valence-corrected chi connectivity index (χ4v) is 1.68. The van der Waals surface area contributed by atoms with Crippen molar-refractivity contribution >= 4 is 0 Å². The van der Waals surface area contributed by atoms with Crippen molar-refractivity contribution < 1.29 is 0 Å². The van der Waals surface area contributed by atoms with E-state index in [2.05, 4.69) is 41.0 Å². The van der Waals surface area contributed by atoms with E-state index in [4.69, 9.17) is 0 Å². The molecule has 5 nitrogen and oxygen atoms in total. The van der Waals surface area contributed by atoms with E-state index < -0.39 is 0 Å². The van der Waals surface area contributed by atoms with E-state index in [0.717, 1.165) is 22.9 Å². The summed E-state index contributed by atoms with van der Waals surface area (Å²) in [7, 11) is 0. The topological polar surface area (TPSA) is 55.6 Å². The summed E-state index contributed by atoms with van der Waals surface area (Å²) in [6, 6.07) is 0. The second-order valence-corrected chi connectivity index (χ2v) is 5.76. The van der Waals surface area contributed by atoms with Gasteiger partial charge in [0.25, 0.3) is 0 Å². The number of aryl methyl sites for hydroxylation is 1. The van der Waals surface area contributed by atoms with Gasteiger partial charge in [0.1, 0.15) is 6.33 Å². The predicted molar refractivity (Wildman–Crippen MR) is 75.2 cm³/mol. The van der Waals surface area contributed by atoms with Crippen molar-refractivity contribution in [1.82, 2.24) is 24.8 Å². The van der Waals surface area contributed by atoms with Crippen molar-refractivity contribution in [2.75, 3.05) is 0 Å². The maximum atomic E-state index is 4.62. The first kappa shape index (κ1) is 13.7. The van der Waals surface area contributed by atoms with Crippen LogP contribution < -0.4 is 5.32 Å². The van der Waals surface area contributed by atoms with Gasteiger partial charge in [-0.05, 0) is 34.6 Å². The minimum atomic E-state index is 0.0686. The average molecular weight is 259 g/mol. The highest BCUT2D eigenvalue weighted by Crippen LogP contribution is 2.11. The SMILES string of the molecule is Cc1ncn(-c2cncc(CNC(C)(C)C)n2)c1C. The van der Waals surface area contributed by atoms with Gasteiger partial charge < -0.3 is 5.32 Å². The van der Waals surface area contributed by atoms with E-state index in [1.54, 1.807) is 18.7 Å². The fraction of sp³-hybridized carbons (Fsp3) is 0.500. The van der Waals surface area contributed by atoms with Crippen LogP contribution in [0.2, 0.25) is 0 Å². The smallest absolute Gasteiger partial charge is 0.156 e. The molecule has 2 heterocycles. The van der Waals surface area contributed by atoms with Gasteiger partial charge in [-0.3, -0.25) is 9.55 Å². The molecule has 0 saturated heterocycles. The molecular weight excluding hydrogens is 238 g/mol. The minimum Gasteiger partial charge on any atom is -0.306 e. The Hall–Kier alpha value is -1.75. The molecule has 2 rings (SSSR count). The highest BCUT2D eigenvalue weighted by atomic mass is 15.1. The average Bonchev–Trinajstić information content (AvgIpc) is 2.67. The first-order valence-corrected chi connectivity index (χ1v) is 6.44. The Labute approximate surface area is 114 Å². The second kappa shape index (κ2) is 5.09. The summed E-state index contributed by atoms with van der Waals surface area (Å²) in [5.74, 6) is 0.811. The molecule has 0 spiro atoms. The van der Waals surface area contributed by atoms with Crippen LogP contribution in [0.4, 0.5) is 0 Å². The zero-order valence-electron chi connectivity index (χ0n) is 12.2. The van der Waals surface area contributed by atoms with Crippen LogP contribution >= 0.6 is 0 Å². The summed E-state index contributed by atoms with van der Waals surface area (Å²) in [6.45, 7) is 11.1. The van der Waals surface area contributed by atoms with Crippen LogP contribution in [-0.4, -0.2) is 25.1 Å².